The van der Waals surface area contributed by atoms with Crippen LogP contribution in [0.4, 0.5) is 0 Å². The summed E-state index contributed by atoms with van der Waals surface area (Å²) in [6.07, 6.45) is -2.73. The van der Waals surface area contributed by atoms with Crippen LogP contribution in [0.5, 0.6) is 0 Å². The van der Waals surface area contributed by atoms with Crippen LogP contribution in [0.1, 0.15) is 24.0 Å². The van der Waals surface area contributed by atoms with Gasteiger partial charge < -0.3 is 28.8 Å². The summed E-state index contributed by atoms with van der Waals surface area (Å²) in [5.74, 6) is -0.867. The third-order valence-corrected chi connectivity index (χ3v) is 8.47. The first-order chi connectivity index (χ1) is 18.0. The van der Waals surface area contributed by atoms with E-state index in [1.807, 2.05) is 60.7 Å². The van der Waals surface area contributed by atoms with E-state index < -0.39 is 36.7 Å². The Hall–Kier alpha value is -1.04. The van der Waals surface area contributed by atoms with Crippen molar-refractivity contribution in [1.82, 2.24) is 0 Å². The van der Waals surface area contributed by atoms with Gasteiger partial charge in [-0.25, -0.2) is 0 Å². The number of ether oxygens (including phenoxy) is 5. The molecule has 2 aromatic carbocycles. The van der Waals surface area contributed by atoms with E-state index in [4.69, 9.17) is 35.3 Å². The molecule has 7 nitrogen and oxygen atoms in total. The predicted octanol–water partition coefficient (Wildman–Crippen LogP) is 4.98. The Morgan fingerprint density at radius 2 is 1.57 bits per heavy atom. The third-order valence-electron chi connectivity index (χ3n) is 5.82. The second-order valence-electron chi connectivity index (χ2n) is 8.64. The number of esters is 1. The largest absolute Gasteiger partial charge is 0.462 e. The van der Waals surface area contributed by atoms with E-state index in [9.17, 15) is 9.90 Å². The molecular weight excluding hydrogens is 632 g/mol. The molecule has 1 N–H and O–H groups in total. The van der Waals surface area contributed by atoms with E-state index in [0.717, 1.165) is 29.3 Å². The molecule has 0 radical (unpaired) electrons. The van der Waals surface area contributed by atoms with Gasteiger partial charge in [0.15, 0.2) is 6.29 Å². The minimum atomic E-state index is -1.10. The molecule has 0 saturated carbocycles. The van der Waals surface area contributed by atoms with Crippen LogP contribution in [0.15, 0.2) is 60.7 Å². The Bertz CT molecular complexity index is 908. The van der Waals surface area contributed by atoms with Crippen LogP contribution in [0, 0.1) is 0 Å². The van der Waals surface area contributed by atoms with Crippen molar-refractivity contribution >= 4 is 49.4 Å². The van der Waals surface area contributed by atoms with Crippen molar-refractivity contribution in [3.63, 3.8) is 0 Å². The van der Waals surface area contributed by atoms with Crippen molar-refractivity contribution in [2.24, 2.45) is 0 Å². The number of aliphatic hydroxyl groups excluding tert-OH is 1. The van der Waals surface area contributed by atoms with Gasteiger partial charge in [-0.05, 0) is 24.0 Å². The normalized spacial score (nSPS) is 24.5. The van der Waals surface area contributed by atoms with Crippen molar-refractivity contribution in [1.29, 1.82) is 0 Å². The highest BCUT2D eigenvalue weighted by Crippen LogP contribution is 2.29. The number of aliphatic hydroxyl groups is 1. The summed E-state index contributed by atoms with van der Waals surface area (Å²) in [5.41, 5.74) is 1.88. The van der Waals surface area contributed by atoms with Gasteiger partial charge in [-0.3, -0.25) is 4.79 Å². The second kappa shape index (κ2) is 16.8. The van der Waals surface area contributed by atoms with Crippen molar-refractivity contribution < 1.29 is 33.6 Å². The molecule has 0 spiro atoms. The Balaban J connectivity index is 1.74. The van der Waals surface area contributed by atoms with Gasteiger partial charge in [0.05, 0.1) is 13.2 Å². The van der Waals surface area contributed by atoms with Crippen LogP contribution < -0.4 is 0 Å². The fourth-order valence-electron chi connectivity index (χ4n) is 3.87. The first kappa shape index (κ1) is 30.5. The smallest absolute Gasteiger partial charge is 0.320 e. The molecule has 1 unspecified atom stereocenters. The van der Waals surface area contributed by atoms with E-state index in [2.05, 4.69) is 31.9 Å². The van der Waals surface area contributed by atoms with Crippen LogP contribution in [0.3, 0.4) is 0 Å². The lowest BCUT2D eigenvalue weighted by Crippen LogP contribution is -2.61. The van der Waals surface area contributed by atoms with Crippen LogP contribution in [0.25, 0.3) is 0 Å². The number of benzene rings is 2. The molecule has 0 aromatic heterocycles. The summed E-state index contributed by atoms with van der Waals surface area (Å²) >= 11 is 12.7. The molecule has 10 heteroatoms. The summed E-state index contributed by atoms with van der Waals surface area (Å²) < 4.78 is 29.8. The van der Waals surface area contributed by atoms with Crippen molar-refractivity contribution in [3.05, 3.63) is 71.8 Å². The van der Waals surface area contributed by atoms with Gasteiger partial charge in [-0.2, -0.15) is 0 Å². The Kier molecular flexibility index (Phi) is 13.9. The molecule has 1 fully saturated rings. The standard InChI is InChI=1S/C27H33Br2ClO7/c28-14-21(29)12-7-13-33-27-26(36-17-20-10-5-2-6-11-20)24(32)25(22(37-27)18-34-23(31)15-30)35-16-19-8-3-1-4-9-19/h1-6,8-11,21-22,24-27,32H,7,12-18H2/t21?,22-,24+,25-,26+,27+/m1/s1. The van der Waals surface area contributed by atoms with E-state index in [1.165, 1.54) is 0 Å². The minimum Gasteiger partial charge on any atom is -0.462 e. The monoisotopic (exact) mass is 662 g/mol. The van der Waals surface area contributed by atoms with Gasteiger partial charge >= 0.3 is 5.97 Å². The van der Waals surface area contributed by atoms with Gasteiger partial charge in [0.25, 0.3) is 0 Å². The maximum atomic E-state index is 11.8. The molecule has 1 aliphatic rings. The van der Waals surface area contributed by atoms with Crippen molar-refractivity contribution in [2.45, 2.75) is 61.6 Å². The fourth-order valence-corrected chi connectivity index (χ4v) is 4.60. The molecule has 6 atom stereocenters. The second-order valence-corrected chi connectivity index (χ2v) is 10.8. The number of rotatable bonds is 15. The number of hydrogen-bond donors (Lipinski definition) is 1. The number of carbonyl (C=O) groups is 1. The highest BCUT2D eigenvalue weighted by Gasteiger charge is 2.47. The lowest BCUT2D eigenvalue weighted by atomic mass is 9.98. The molecule has 204 valence electrons. The lowest BCUT2D eigenvalue weighted by molar-refractivity contribution is -0.319. The zero-order valence-electron chi connectivity index (χ0n) is 20.4. The zero-order chi connectivity index (χ0) is 26.5. The van der Waals surface area contributed by atoms with Gasteiger partial charge in [0.2, 0.25) is 0 Å². The fraction of sp³-hybridized carbons (Fsp3) is 0.519. The Labute approximate surface area is 240 Å². The van der Waals surface area contributed by atoms with Crippen molar-refractivity contribution in [3.8, 4) is 0 Å². The molecule has 3 rings (SSSR count). The van der Waals surface area contributed by atoms with E-state index in [-0.39, 0.29) is 25.7 Å². The first-order valence-corrected chi connectivity index (χ1v) is 14.8. The average molecular weight is 665 g/mol. The summed E-state index contributed by atoms with van der Waals surface area (Å²) in [4.78, 5) is 12.1. The van der Waals surface area contributed by atoms with Crippen LogP contribution in [-0.2, 0) is 41.7 Å². The summed E-state index contributed by atoms with van der Waals surface area (Å²) in [6, 6.07) is 19.3. The van der Waals surface area contributed by atoms with E-state index in [1.54, 1.807) is 0 Å². The third kappa shape index (κ3) is 10.2. The Morgan fingerprint density at radius 1 is 0.973 bits per heavy atom. The predicted molar refractivity (Wildman–Crippen MR) is 148 cm³/mol. The van der Waals surface area contributed by atoms with Gasteiger partial charge in [0.1, 0.15) is 36.9 Å². The summed E-state index contributed by atoms with van der Waals surface area (Å²) in [5, 5.41) is 12.3. The molecule has 0 aliphatic carbocycles. The van der Waals surface area contributed by atoms with Gasteiger partial charge in [-0.1, -0.05) is 92.5 Å². The highest BCUT2D eigenvalue weighted by molar-refractivity contribution is 9.12. The summed E-state index contributed by atoms with van der Waals surface area (Å²) in [6.45, 7) is 0.764. The summed E-state index contributed by atoms with van der Waals surface area (Å²) in [7, 11) is 0. The van der Waals surface area contributed by atoms with Crippen LogP contribution >= 0.6 is 43.5 Å². The number of alkyl halides is 3. The molecule has 1 aliphatic heterocycles. The number of carbonyl (C=O) groups excluding carboxylic acids is 1. The van der Waals surface area contributed by atoms with Gasteiger partial charge in [0, 0.05) is 16.8 Å². The zero-order valence-corrected chi connectivity index (χ0v) is 24.4. The molecule has 2 aromatic rings. The molecule has 1 heterocycles. The van der Waals surface area contributed by atoms with E-state index in [0.29, 0.717) is 11.4 Å². The highest BCUT2D eigenvalue weighted by atomic mass is 79.9. The number of hydrogen-bond acceptors (Lipinski definition) is 7. The van der Waals surface area contributed by atoms with Gasteiger partial charge in [-0.15, -0.1) is 11.6 Å². The van der Waals surface area contributed by atoms with Crippen LogP contribution in [-0.4, -0.2) is 71.0 Å². The molecule has 0 bridgehead atoms. The quantitative estimate of drug-likeness (QED) is 0.163. The number of halogens is 3. The maximum absolute atomic E-state index is 11.8. The maximum Gasteiger partial charge on any atom is 0.320 e. The SMILES string of the molecule is O=C(CCl)OC[C@H]1O[C@H](OCCCC(Br)CBr)[C@@H](OCc2ccccc2)[C@@H](O)[C@@H]1OCc1ccccc1. The molecule has 37 heavy (non-hydrogen) atoms. The minimum absolute atomic E-state index is 0.138. The molecular formula is C27H33Br2ClO7. The van der Waals surface area contributed by atoms with Crippen molar-refractivity contribution in [2.75, 3.05) is 24.4 Å². The average Bonchev–Trinajstić information content (AvgIpc) is 2.93. The van der Waals surface area contributed by atoms with E-state index >= 15 is 0 Å². The Morgan fingerprint density at radius 3 is 2.14 bits per heavy atom. The molecule has 0 amide bonds. The lowest BCUT2D eigenvalue weighted by Gasteiger charge is -2.43. The topological polar surface area (TPSA) is 83.5 Å². The first-order valence-electron chi connectivity index (χ1n) is 12.2. The molecule has 1 saturated heterocycles. The van der Waals surface area contributed by atoms with Crippen LogP contribution in [0.2, 0.25) is 0 Å².